The topological polar surface area (TPSA) is 41.6 Å². The molecule has 4 nitrogen and oxygen atoms in total. The van der Waals surface area contributed by atoms with Crippen LogP contribution in [0.2, 0.25) is 0 Å². The van der Waals surface area contributed by atoms with E-state index in [0.717, 1.165) is 48.8 Å². The Bertz CT molecular complexity index is 811. The van der Waals surface area contributed by atoms with Gasteiger partial charge in [0, 0.05) is 42.9 Å². The number of ether oxygens (including phenoxy) is 1. The lowest BCUT2D eigenvalue weighted by Gasteiger charge is -2.27. The summed E-state index contributed by atoms with van der Waals surface area (Å²) < 4.78 is 31.6. The molecule has 0 unspecified atom stereocenters. The molecule has 0 atom stereocenters. The second kappa shape index (κ2) is 9.19. The van der Waals surface area contributed by atoms with Crippen LogP contribution in [-0.4, -0.2) is 42.0 Å². The van der Waals surface area contributed by atoms with E-state index >= 15 is 0 Å². The van der Waals surface area contributed by atoms with E-state index in [2.05, 4.69) is 16.3 Å². The standard InChI is InChI=1S/C20H22F2N2O2S/c1-14-15(12-24-7-9-27-10-8-24)3-2-4-18(14)23-20(25)13-26-19-6-5-16(21)11-17(19)22/h2-6,11H,7-10,12-13H2,1H3,(H,23,25). The SMILES string of the molecule is Cc1c(CN2CCSCC2)cccc1NC(=O)COc1ccc(F)cc1F. The van der Waals surface area contributed by atoms with Crippen LogP contribution in [0.5, 0.6) is 5.75 Å². The summed E-state index contributed by atoms with van der Waals surface area (Å²) in [5, 5.41) is 2.81. The fraction of sp³-hybridized carbons (Fsp3) is 0.350. The van der Waals surface area contributed by atoms with Gasteiger partial charge in [0.25, 0.3) is 5.91 Å². The van der Waals surface area contributed by atoms with Gasteiger partial charge in [-0.15, -0.1) is 0 Å². The van der Waals surface area contributed by atoms with Crippen LogP contribution in [0.15, 0.2) is 36.4 Å². The molecule has 1 heterocycles. The molecule has 3 rings (SSSR count). The number of carbonyl (C=O) groups is 1. The number of hydrogen-bond donors (Lipinski definition) is 1. The third-order valence-electron chi connectivity index (χ3n) is 4.47. The lowest BCUT2D eigenvalue weighted by Crippen LogP contribution is -2.32. The lowest BCUT2D eigenvalue weighted by atomic mass is 10.1. The minimum Gasteiger partial charge on any atom is -0.481 e. The molecule has 1 saturated heterocycles. The van der Waals surface area contributed by atoms with Crippen LogP contribution in [0.25, 0.3) is 0 Å². The Morgan fingerprint density at radius 1 is 1.22 bits per heavy atom. The average Bonchev–Trinajstić information content (AvgIpc) is 2.65. The number of halogens is 2. The Morgan fingerprint density at radius 2 is 2.00 bits per heavy atom. The molecule has 1 aliphatic rings. The van der Waals surface area contributed by atoms with Crippen LogP contribution in [0.3, 0.4) is 0 Å². The van der Waals surface area contributed by atoms with Crippen LogP contribution >= 0.6 is 11.8 Å². The molecule has 2 aromatic carbocycles. The zero-order chi connectivity index (χ0) is 19.2. The number of hydrogen-bond acceptors (Lipinski definition) is 4. The first-order chi connectivity index (χ1) is 13.0. The highest BCUT2D eigenvalue weighted by atomic mass is 32.2. The second-order valence-corrected chi connectivity index (χ2v) is 7.61. The number of benzene rings is 2. The lowest BCUT2D eigenvalue weighted by molar-refractivity contribution is -0.118. The number of nitrogens with one attached hydrogen (secondary N) is 1. The van der Waals surface area contributed by atoms with Gasteiger partial charge in [0.1, 0.15) is 5.82 Å². The molecule has 0 radical (unpaired) electrons. The van der Waals surface area contributed by atoms with E-state index in [1.807, 2.05) is 30.8 Å². The number of carbonyl (C=O) groups excluding carboxylic acids is 1. The van der Waals surface area contributed by atoms with Crippen LogP contribution in [0.4, 0.5) is 14.5 Å². The van der Waals surface area contributed by atoms with Crippen molar-refractivity contribution in [2.75, 3.05) is 36.5 Å². The van der Waals surface area contributed by atoms with E-state index in [4.69, 9.17) is 4.74 Å². The molecule has 2 aromatic rings. The molecular formula is C20H22F2N2O2S. The van der Waals surface area contributed by atoms with Gasteiger partial charge in [-0.05, 0) is 36.2 Å². The summed E-state index contributed by atoms with van der Waals surface area (Å²) in [7, 11) is 0. The van der Waals surface area contributed by atoms with Gasteiger partial charge >= 0.3 is 0 Å². The Hall–Kier alpha value is -2.12. The Balaban J connectivity index is 1.59. The predicted octanol–water partition coefficient (Wildman–Crippen LogP) is 3.84. The largest absolute Gasteiger partial charge is 0.481 e. The normalized spacial score (nSPS) is 14.8. The second-order valence-electron chi connectivity index (χ2n) is 6.39. The van der Waals surface area contributed by atoms with Gasteiger partial charge in [0.2, 0.25) is 0 Å². The Morgan fingerprint density at radius 3 is 2.74 bits per heavy atom. The first-order valence-electron chi connectivity index (χ1n) is 8.79. The van der Waals surface area contributed by atoms with E-state index in [-0.39, 0.29) is 12.4 Å². The third kappa shape index (κ3) is 5.43. The van der Waals surface area contributed by atoms with E-state index in [1.165, 1.54) is 11.6 Å². The highest BCUT2D eigenvalue weighted by Gasteiger charge is 2.14. The first kappa shape index (κ1) is 19.6. The highest BCUT2D eigenvalue weighted by Crippen LogP contribution is 2.22. The summed E-state index contributed by atoms with van der Waals surface area (Å²) in [6, 6.07) is 8.79. The summed E-state index contributed by atoms with van der Waals surface area (Å²) in [4.78, 5) is 14.6. The van der Waals surface area contributed by atoms with Crippen LogP contribution in [-0.2, 0) is 11.3 Å². The van der Waals surface area contributed by atoms with Gasteiger partial charge in [0.15, 0.2) is 18.2 Å². The van der Waals surface area contributed by atoms with Crippen LogP contribution < -0.4 is 10.1 Å². The number of amides is 1. The summed E-state index contributed by atoms with van der Waals surface area (Å²) in [6.07, 6.45) is 0. The van der Waals surface area contributed by atoms with E-state index in [9.17, 15) is 13.6 Å². The molecule has 0 saturated carbocycles. The maximum absolute atomic E-state index is 13.6. The molecule has 0 aliphatic carbocycles. The molecule has 1 fully saturated rings. The van der Waals surface area contributed by atoms with E-state index in [1.54, 1.807) is 0 Å². The van der Waals surface area contributed by atoms with Crippen LogP contribution in [0, 0.1) is 18.6 Å². The maximum Gasteiger partial charge on any atom is 0.262 e. The molecule has 144 valence electrons. The van der Waals surface area contributed by atoms with Gasteiger partial charge in [0.05, 0.1) is 0 Å². The Labute approximate surface area is 161 Å². The highest BCUT2D eigenvalue weighted by molar-refractivity contribution is 7.99. The Kier molecular flexibility index (Phi) is 6.68. The fourth-order valence-electron chi connectivity index (χ4n) is 2.91. The molecule has 1 amide bonds. The molecule has 0 bridgehead atoms. The summed E-state index contributed by atoms with van der Waals surface area (Å²) >= 11 is 1.97. The molecule has 0 aromatic heterocycles. The summed E-state index contributed by atoms with van der Waals surface area (Å²) in [6.45, 7) is 4.61. The summed E-state index contributed by atoms with van der Waals surface area (Å²) in [5.74, 6) is 0.220. The van der Waals surface area contributed by atoms with Crippen molar-refractivity contribution in [3.8, 4) is 5.75 Å². The van der Waals surface area contributed by atoms with Crippen molar-refractivity contribution in [1.29, 1.82) is 0 Å². The van der Waals surface area contributed by atoms with Gasteiger partial charge in [-0.25, -0.2) is 8.78 Å². The smallest absolute Gasteiger partial charge is 0.262 e. The third-order valence-corrected chi connectivity index (χ3v) is 5.41. The zero-order valence-corrected chi connectivity index (χ0v) is 16.0. The van der Waals surface area contributed by atoms with Crippen molar-refractivity contribution < 1.29 is 18.3 Å². The molecule has 27 heavy (non-hydrogen) atoms. The molecule has 7 heteroatoms. The van der Waals surface area contributed by atoms with Crippen molar-refractivity contribution in [2.45, 2.75) is 13.5 Å². The first-order valence-corrected chi connectivity index (χ1v) is 9.94. The fourth-order valence-corrected chi connectivity index (χ4v) is 3.89. The van der Waals surface area contributed by atoms with E-state index < -0.39 is 17.5 Å². The minimum absolute atomic E-state index is 0.153. The maximum atomic E-state index is 13.6. The van der Waals surface area contributed by atoms with Gasteiger partial charge < -0.3 is 10.1 Å². The predicted molar refractivity (Wildman–Crippen MR) is 104 cm³/mol. The van der Waals surface area contributed by atoms with Crippen molar-refractivity contribution in [1.82, 2.24) is 4.90 Å². The average molecular weight is 392 g/mol. The van der Waals surface area contributed by atoms with Gasteiger partial charge in [-0.2, -0.15) is 11.8 Å². The molecule has 1 aliphatic heterocycles. The monoisotopic (exact) mass is 392 g/mol. The molecule has 0 spiro atoms. The molecule has 1 N–H and O–H groups in total. The number of anilines is 1. The number of thioether (sulfide) groups is 1. The van der Waals surface area contributed by atoms with Crippen molar-refractivity contribution in [2.24, 2.45) is 0 Å². The van der Waals surface area contributed by atoms with Crippen molar-refractivity contribution >= 4 is 23.4 Å². The minimum atomic E-state index is -0.833. The van der Waals surface area contributed by atoms with Gasteiger partial charge in [-0.3, -0.25) is 9.69 Å². The van der Waals surface area contributed by atoms with E-state index in [0.29, 0.717) is 5.69 Å². The summed E-state index contributed by atoms with van der Waals surface area (Å²) in [5.41, 5.74) is 2.90. The number of nitrogens with zero attached hydrogens (tertiary/aromatic N) is 1. The van der Waals surface area contributed by atoms with Crippen molar-refractivity contribution in [3.63, 3.8) is 0 Å². The van der Waals surface area contributed by atoms with Crippen LogP contribution in [0.1, 0.15) is 11.1 Å². The quantitative estimate of drug-likeness (QED) is 0.811. The van der Waals surface area contributed by atoms with Crippen molar-refractivity contribution in [3.05, 3.63) is 59.2 Å². The zero-order valence-electron chi connectivity index (χ0n) is 15.1. The molecular weight excluding hydrogens is 370 g/mol. The number of rotatable bonds is 6. The van der Waals surface area contributed by atoms with Gasteiger partial charge in [-0.1, -0.05) is 12.1 Å².